The molecule has 9 aromatic rings. The van der Waals surface area contributed by atoms with E-state index in [1.54, 1.807) is 0 Å². The average molecular weight is 823 g/mol. The smallest absolute Gasteiger partial charge is 0.0900 e. The summed E-state index contributed by atoms with van der Waals surface area (Å²) >= 11 is 5.57. The molecule has 9 rings (SSSR count). The second kappa shape index (κ2) is 15.6. The Balaban J connectivity index is 1.15. The minimum Gasteiger partial charge on any atom is -0.255 e. The molecule has 0 aliphatic carbocycles. The lowest BCUT2D eigenvalue weighted by atomic mass is 9.86. The maximum atomic E-state index is 5.04. The highest BCUT2D eigenvalue weighted by atomic mass is 32.1. The summed E-state index contributed by atoms with van der Waals surface area (Å²) in [6.07, 6.45) is 7.27. The molecule has 9 heterocycles. The van der Waals surface area contributed by atoms with E-state index in [1.165, 1.54) is 40.4 Å². The van der Waals surface area contributed by atoms with Crippen LogP contribution in [0.3, 0.4) is 0 Å². The Morgan fingerprint density at radius 1 is 0.339 bits per heavy atom. The van der Waals surface area contributed by atoms with E-state index >= 15 is 0 Å². The number of nitrogens with zero attached hydrogens (tertiary/aromatic N) is 6. The number of aromatic nitrogens is 6. The molecule has 290 valence electrons. The summed E-state index contributed by atoms with van der Waals surface area (Å²) in [6, 6.07) is 41.8. The van der Waals surface area contributed by atoms with Gasteiger partial charge in [0.15, 0.2) is 0 Å². The molecule has 0 N–H and O–H groups in total. The van der Waals surface area contributed by atoms with Gasteiger partial charge in [-0.15, -0.1) is 34.0 Å². The van der Waals surface area contributed by atoms with Crippen LogP contribution in [0.2, 0.25) is 0 Å². The molecule has 0 atom stereocenters. The van der Waals surface area contributed by atoms with Gasteiger partial charge in [0, 0.05) is 54.1 Å². The predicted molar refractivity (Wildman–Crippen MR) is 248 cm³/mol. The maximum absolute atomic E-state index is 5.04. The van der Waals surface area contributed by atoms with Crippen LogP contribution in [-0.2, 0) is 10.8 Å². The number of rotatable bonds is 8. The molecule has 0 aromatic carbocycles. The van der Waals surface area contributed by atoms with E-state index in [-0.39, 0.29) is 10.8 Å². The van der Waals surface area contributed by atoms with Crippen LogP contribution in [0.1, 0.15) is 52.7 Å². The minimum atomic E-state index is -0.0838. The van der Waals surface area contributed by atoms with Gasteiger partial charge in [-0.2, -0.15) is 0 Å². The molecule has 0 amide bonds. The van der Waals surface area contributed by atoms with Gasteiger partial charge in [0.05, 0.1) is 45.6 Å². The zero-order chi connectivity index (χ0) is 40.7. The largest absolute Gasteiger partial charge is 0.255 e. The molecule has 0 bridgehead atoms. The first-order valence-corrected chi connectivity index (χ1v) is 22.0. The number of hydrogen-bond donors (Lipinski definition) is 0. The minimum absolute atomic E-state index is 0.0838. The Labute approximate surface area is 357 Å². The number of pyridine rings is 6. The average Bonchev–Trinajstić information content (AvgIpc) is 4.04. The molecule has 0 spiro atoms. The van der Waals surface area contributed by atoms with Crippen molar-refractivity contribution < 1.29 is 0 Å². The highest BCUT2D eigenvalue weighted by molar-refractivity contribution is 7.28. The van der Waals surface area contributed by atoms with E-state index < -0.39 is 0 Å². The second-order valence-corrected chi connectivity index (χ2v) is 19.7. The van der Waals surface area contributed by atoms with E-state index in [1.807, 2.05) is 132 Å². The van der Waals surface area contributed by atoms with Crippen molar-refractivity contribution in [3.05, 3.63) is 157 Å². The first-order chi connectivity index (χ1) is 28.5. The topological polar surface area (TPSA) is 77.3 Å². The van der Waals surface area contributed by atoms with Crippen molar-refractivity contribution in [1.82, 2.24) is 29.9 Å². The van der Waals surface area contributed by atoms with E-state index in [9.17, 15) is 0 Å². The molecular formula is C50H42N6S3. The van der Waals surface area contributed by atoms with Crippen molar-refractivity contribution in [2.75, 3.05) is 0 Å². The third-order valence-electron chi connectivity index (χ3n) is 10.1. The Bertz CT molecular complexity index is 2570. The number of thiophene rings is 3. The van der Waals surface area contributed by atoms with Crippen molar-refractivity contribution >= 4 is 34.0 Å². The van der Waals surface area contributed by atoms with E-state index in [2.05, 4.69) is 110 Å². The molecule has 0 fully saturated rings. The van der Waals surface area contributed by atoms with Crippen molar-refractivity contribution in [3.8, 4) is 85.9 Å². The summed E-state index contributed by atoms with van der Waals surface area (Å²) in [5.41, 5.74) is 11.3. The molecule has 59 heavy (non-hydrogen) atoms. The molecule has 0 radical (unpaired) electrons. The van der Waals surface area contributed by atoms with Crippen LogP contribution >= 0.6 is 34.0 Å². The summed E-state index contributed by atoms with van der Waals surface area (Å²) in [5, 5.41) is 0. The Morgan fingerprint density at radius 3 is 0.932 bits per heavy atom. The molecule has 9 aromatic heterocycles. The van der Waals surface area contributed by atoms with E-state index in [4.69, 9.17) is 9.97 Å². The highest BCUT2D eigenvalue weighted by Gasteiger charge is 2.27. The molecule has 6 nitrogen and oxygen atoms in total. The van der Waals surface area contributed by atoms with Gasteiger partial charge in [0.25, 0.3) is 0 Å². The van der Waals surface area contributed by atoms with Crippen LogP contribution in [0.25, 0.3) is 85.9 Å². The summed E-state index contributed by atoms with van der Waals surface area (Å²) in [5.74, 6) is 0. The lowest BCUT2D eigenvalue weighted by Gasteiger charge is -2.19. The van der Waals surface area contributed by atoms with Crippen LogP contribution in [0.4, 0.5) is 0 Å². The quantitative estimate of drug-likeness (QED) is 0.152. The fourth-order valence-electron chi connectivity index (χ4n) is 7.06. The first-order valence-electron chi connectivity index (χ1n) is 19.6. The van der Waals surface area contributed by atoms with Gasteiger partial charge < -0.3 is 0 Å². The SMILES string of the molecule is CC(C)(C)c1cc(-c2cc(-c3ccccn3)nc(-c3ccccn3)c2)sc1-c1ccc(-c2sc(-c3cc(-c4ccccn4)nc(-c4ccccn4)c3)cc2C(C)(C)C)s1. The fourth-order valence-corrected chi connectivity index (χ4v) is 11.0. The van der Waals surface area contributed by atoms with Gasteiger partial charge in [-0.3, -0.25) is 19.9 Å². The second-order valence-electron chi connectivity index (χ2n) is 16.5. The van der Waals surface area contributed by atoms with Crippen molar-refractivity contribution in [1.29, 1.82) is 0 Å². The summed E-state index contributed by atoms with van der Waals surface area (Å²) in [6.45, 7) is 13.8. The summed E-state index contributed by atoms with van der Waals surface area (Å²) < 4.78 is 0. The molecule has 0 aliphatic rings. The van der Waals surface area contributed by atoms with Crippen molar-refractivity contribution in [2.45, 2.75) is 52.4 Å². The zero-order valence-corrected chi connectivity index (χ0v) is 36.2. The van der Waals surface area contributed by atoms with Crippen molar-refractivity contribution in [2.24, 2.45) is 0 Å². The summed E-state index contributed by atoms with van der Waals surface area (Å²) in [4.78, 5) is 36.2. The Morgan fingerprint density at radius 2 is 0.661 bits per heavy atom. The lowest BCUT2D eigenvalue weighted by molar-refractivity contribution is 0.594. The molecular weight excluding hydrogens is 781 g/mol. The van der Waals surface area contributed by atoms with Gasteiger partial charge >= 0.3 is 0 Å². The summed E-state index contributed by atoms with van der Waals surface area (Å²) in [7, 11) is 0. The standard InChI is InChI=1S/C50H42N6S3/c1-49(2,3)33-29-45(31-25-39(35-15-7-11-21-51-35)55-40(26-31)36-16-8-12-22-52-36)58-47(33)43-19-20-44(57-43)48-34(50(4,5)6)30-46(59-48)32-27-41(37-17-9-13-23-53-37)56-42(28-32)38-18-10-14-24-54-38/h7-30H,1-6H3. The van der Waals surface area contributed by atoms with Crippen LogP contribution in [-0.4, -0.2) is 29.9 Å². The number of hydrogen-bond acceptors (Lipinski definition) is 9. The Kier molecular flexibility index (Phi) is 10.2. The van der Waals surface area contributed by atoms with Gasteiger partial charge in [0.2, 0.25) is 0 Å². The van der Waals surface area contributed by atoms with Crippen LogP contribution in [0, 0.1) is 0 Å². The first kappa shape index (κ1) is 38.5. The highest BCUT2D eigenvalue weighted by Crippen LogP contribution is 2.51. The van der Waals surface area contributed by atoms with Gasteiger partial charge in [-0.05, 0) is 130 Å². The third-order valence-corrected chi connectivity index (χ3v) is 13.9. The predicted octanol–water partition coefficient (Wildman–Crippen LogP) is 14.2. The van der Waals surface area contributed by atoms with E-state index in [0.717, 1.165) is 56.7 Å². The van der Waals surface area contributed by atoms with Crippen molar-refractivity contribution in [3.63, 3.8) is 0 Å². The zero-order valence-electron chi connectivity index (χ0n) is 33.8. The third kappa shape index (κ3) is 8.06. The van der Waals surface area contributed by atoms with Crippen LogP contribution in [0.5, 0.6) is 0 Å². The van der Waals surface area contributed by atoms with Gasteiger partial charge in [-0.1, -0.05) is 65.8 Å². The monoisotopic (exact) mass is 822 g/mol. The van der Waals surface area contributed by atoms with Crippen LogP contribution in [0.15, 0.2) is 146 Å². The van der Waals surface area contributed by atoms with Gasteiger partial charge in [0.1, 0.15) is 0 Å². The fraction of sp³-hybridized carbons (Fsp3) is 0.160. The Hall–Kier alpha value is -6.00. The molecule has 9 heteroatoms. The maximum Gasteiger partial charge on any atom is 0.0900 e. The molecule has 0 saturated carbocycles. The normalized spacial score (nSPS) is 11.9. The van der Waals surface area contributed by atoms with Gasteiger partial charge in [-0.25, -0.2) is 9.97 Å². The molecule has 0 unspecified atom stereocenters. The van der Waals surface area contributed by atoms with Crippen LogP contribution < -0.4 is 0 Å². The molecule has 0 saturated heterocycles. The lowest BCUT2D eigenvalue weighted by Crippen LogP contribution is -2.10. The van der Waals surface area contributed by atoms with E-state index in [0.29, 0.717) is 0 Å². The molecule has 0 aliphatic heterocycles.